The number of ketones is 1. The minimum atomic E-state index is -0.472. The molecule has 0 radical (unpaired) electrons. The summed E-state index contributed by atoms with van der Waals surface area (Å²) in [6, 6.07) is 18.3. The van der Waals surface area contributed by atoms with E-state index >= 15 is 0 Å². The molecule has 0 atom stereocenters. The Morgan fingerprint density at radius 3 is 1.41 bits per heavy atom. The van der Waals surface area contributed by atoms with Gasteiger partial charge in [-0.2, -0.15) is 0 Å². The molecule has 2 aromatic carbocycles. The van der Waals surface area contributed by atoms with Crippen molar-refractivity contribution in [3.63, 3.8) is 0 Å². The van der Waals surface area contributed by atoms with E-state index < -0.39 is 11.9 Å². The van der Waals surface area contributed by atoms with E-state index in [4.69, 9.17) is 9.47 Å². The summed E-state index contributed by atoms with van der Waals surface area (Å²) < 4.78 is 45.9. The Morgan fingerprint density at radius 1 is 0.656 bits per heavy atom. The van der Waals surface area contributed by atoms with Gasteiger partial charge in [-0.3, -0.25) is 29.5 Å². The largest absolute Gasteiger partial charge is 0.465 e. The lowest BCUT2D eigenvalue weighted by molar-refractivity contribution is -0.140. The predicted molar refractivity (Wildman–Crippen MR) is 232 cm³/mol. The third-order valence-corrected chi connectivity index (χ3v) is 10.5. The molecule has 8 rings (SSSR count). The van der Waals surface area contributed by atoms with Gasteiger partial charge < -0.3 is 34.1 Å². The van der Waals surface area contributed by atoms with Crippen LogP contribution in [0.2, 0.25) is 0 Å². The van der Waals surface area contributed by atoms with Gasteiger partial charge >= 0.3 is 24.0 Å². The number of halogens is 3. The lowest BCUT2D eigenvalue weighted by Gasteiger charge is -2.43. The second-order valence-electron chi connectivity index (χ2n) is 14.7. The summed E-state index contributed by atoms with van der Waals surface area (Å²) in [4.78, 5) is 77.0. The zero-order valence-corrected chi connectivity index (χ0v) is 36.3. The summed E-state index contributed by atoms with van der Waals surface area (Å²) in [7, 11) is 2.61. The van der Waals surface area contributed by atoms with Crippen LogP contribution in [0, 0.1) is 11.6 Å². The molecule has 4 aromatic rings. The monoisotopic (exact) mass is 908 g/mol. The van der Waals surface area contributed by atoms with Crippen molar-refractivity contribution in [1.29, 1.82) is 0 Å². The molecule has 1 N–H and O–H groups in total. The number of amides is 4. The molecule has 17 nitrogen and oxygen atoms in total. The number of carbonyl (C=O) groups excluding carboxylic acids is 5. The van der Waals surface area contributed by atoms with Crippen molar-refractivity contribution >= 4 is 53.6 Å². The Morgan fingerprint density at radius 2 is 1.08 bits per heavy atom. The van der Waals surface area contributed by atoms with Crippen molar-refractivity contribution in [2.75, 3.05) is 103 Å². The highest BCUT2D eigenvalue weighted by Crippen LogP contribution is 2.23. The van der Waals surface area contributed by atoms with E-state index in [1.165, 1.54) is 50.9 Å². The number of benzene rings is 2. The molecule has 4 aliphatic rings. The second kappa shape index (κ2) is 24.1. The van der Waals surface area contributed by atoms with Gasteiger partial charge in [0.05, 0.1) is 69.1 Å². The quantitative estimate of drug-likeness (QED) is 0.237. The van der Waals surface area contributed by atoms with Gasteiger partial charge in [0.1, 0.15) is 24.8 Å². The first-order chi connectivity index (χ1) is 30.5. The van der Waals surface area contributed by atoms with E-state index in [9.17, 15) is 32.8 Å². The molecule has 0 aliphatic carbocycles. The van der Waals surface area contributed by atoms with Crippen LogP contribution in [0.3, 0.4) is 0 Å². The SMILES string of the molecule is COC(=O)c1ccc(CN(C(=O)N2CCN(C3COC3)CC2)c2ccc(F)cc2)nc1.COC(=O)c1ccc(CN(C(=O)N2CCNCC2)c2ccc(F)cc2)nc1.Cl.O=C1COC1. The average Bonchev–Trinajstić information content (AvgIpc) is 3.30. The van der Waals surface area contributed by atoms with Crippen LogP contribution in [-0.4, -0.2) is 153 Å². The maximum atomic E-state index is 13.5. The van der Waals surface area contributed by atoms with Gasteiger partial charge in [-0.15, -0.1) is 12.4 Å². The molecule has 0 bridgehead atoms. The summed E-state index contributed by atoms with van der Waals surface area (Å²) in [5.74, 6) is -1.46. The Kier molecular flexibility index (Phi) is 18.4. The van der Waals surface area contributed by atoms with E-state index in [1.807, 2.05) is 4.90 Å². The molecule has 4 saturated heterocycles. The Hall–Kier alpha value is -6.12. The normalized spacial score (nSPS) is 15.9. The minimum Gasteiger partial charge on any atom is -0.465 e. The number of hydrogen-bond acceptors (Lipinski definition) is 13. The van der Waals surface area contributed by atoms with E-state index in [0.717, 1.165) is 39.4 Å². The molecular formula is C44H51ClF2N8O9. The van der Waals surface area contributed by atoms with Crippen molar-refractivity contribution in [2.45, 2.75) is 19.1 Å². The molecule has 4 fully saturated rings. The smallest absolute Gasteiger partial charge is 0.339 e. The zero-order chi connectivity index (χ0) is 44.7. The number of carbonyl (C=O) groups is 5. The number of pyridine rings is 2. The summed E-state index contributed by atoms with van der Waals surface area (Å²) in [6.07, 6.45) is 2.84. The molecule has 0 spiro atoms. The lowest BCUT2D eigenvalue weighted by atomic mass is 10.2. The number of esters is 2. The highest BCUT2D eigenvalue weighted by atomic mass is 35.5. The van der Waals surface area contributed by atoms with Crippen molar-refractivity contribution in [3.8, 4) is 0 Å². The summed E-state index contributed by atoms with van der Waals surface area (Å²) in [6.45, 7) is 8.08. The molecule has 4 aliphatic heterocycles. The predicted octanol–water partition coefficient (Wildman–Crippen LogP) is 4.20. The number of aromatic nitrogens is 2. The van der Waals surface area contributed by atoms with Crippen LogP contribution in [0.15, 0.2) is 85.2 Å². The number of hydrogen-bond donors (Lipinski definition) is 1. The van der Waals surface area contributed by atoms with E-state index in [0.29, 0.717) is 79.3 Å². The Balaban J connectivity index is 0.000000215. The number of methoxy groups -OCH3 is 2. The van der Waals surface area contributed by atoms with Crippen LogP contribution in [0.25, 0.3) is 0 Å². The van der Waals surface area contributed by atoms with Crippen molar-refractivity contribution in [3.05, 3.63) is 119 Å². The molecular weight excluding hydrogens is 858 g/mol. The number of anilines is 2. The zero-order valence-electron chi connectivity index (χ0n) is 35.5. The molecule has 0 saturated carbocycles. The van der Waals surface area contributed by atoms with Crippen LogP contribution in [0.1, 0.15) is 32.1 Å². The second-order valence-corrected chi connectivity index (χ2v) is 14.7. The summed E-state index contributed by atoms with van der Waals surface area (Å²) in [5.41, 5.74) is 3.05. The number of rotatable bonds is 9. The number of nitrogens with zero attached hydrogens (tertiary/aromatic N) is 7. The topological polar surface area (TPSA) is 176 Å². The maximum absolute atomic E-state index is 13.5. The van der Waals surface area contributed by atoms with Gasteiger partial charge in [0.25, 0.3) is 0 Å². The van der Waals surface area contributed by atoms with Gasteiger partial charge in [0.2, 0.25) is 0 Å². The van der Waals surface area contributed by atoms with Crippen LogP contribution < -0.4 is 15.1 Å². The number of Topliss-reactive ketones (excluding diaryl/α,β-unsaturated/α-hetero) is 1. The number of piperazine rings is 2. The van der Waals surface area contributed by atoms with Crippen LogP contribution in [0.4, 0.5) is 29.7 Å². The molecule has 64 heavy (non-hydrogen) atoms. The van der Waals surface area contributed by atoms with Crippen LogP contribution in [0.5, 0.6) is 0 Å². The fraction of sp³-hybridized carbons (Fsp3) is 0.386. The fourth-order valence-corrected chi connectivity index (χ4v) is 6.71. The first kappa shape index (κ1) is 48.9. The number of urea groups is 2. The van der Waals surface area contributed by atoms with E-state index in [1.54, 1.807) is 63.2 Å². The third-order valence-electron chi connectivity index (χ3n) is 10.5. The maximum Gasteiger partial charge on any atom is 0.339 e. The number of ether oxygens (including phenoxy) is 4. The van der Waals surface area contributed by atoms with Gasteiger partial charge in [-0.05, 0) is 72.8 Å². The van der Waals surface area contributed by atoms with Gasteiger partial charge in [-0.25, -0.2) is 28.0 Å². The summed E-state index contributed by atoms with van der Waals surface area (Å²) in [5, 5.41) is 3.21. The first-order valence-corrected chi connectivity index (χ1v) is 20.4. The minimum absolute atomic E-state index is 0. The van der Waals surface area contributed by atoms with E-state index in [2.05, 4.69) is 29.7 Å². The van der Waals surface area contributed by atoms with Gasteiger partial charge in [0.15, 0.2) is 5.78 Å². The Bertz CT molecular complexity index is 2150. The van der Waals surface area contributed by atoms with Crippen molar-refractivity contribution < 1.29 is 51.7 Å². The fourth-order valence-electron chi connectivity index (χ4n) is 6.71. The van der Waals surface area contributed by atoms with Gasteiger partial charge in [0, 0.05) is 76.1 Å². The molecule has 6 heterocycles. The number of nitrogens with one attached hydrogen (secondary N) is 1. The molecule has 0 unspecified atom stereocenters. The lowest BCUT2D eigenvalue weighted by Crippen LogP contribution is -2.59. The standard InChI is InChI=1S/C22H25FN4O4.C19H21FN4O3.C3H4O2.ClH/c1-30-21(28)16-2-5-18(24-12-16)13-27(19-6-3-17(23)4-7-19)22(29)26-10-8-25(9-11-26)20-14-31-15-20;1-27-18(25)14-2-5-16(22-12-14)13-24(17-6-3-15(20)4-7-17)19(26)23-10-8-21-9-11-23;4-3-1-5-2-3;/h2-7,12,20H,8-11,13-15H2,1H3;2-7,12,21H,8-11,13H2,1H3;1-2H2;1H. The molecule has 4 amide bonds. The average molecular weight is 909 g/mol. The molecule has 2 aromatic heterocycles. The van der Waals surface area contributed by atoms with Crippen molar-refractivity contribution in [2.24, 2.45) is 0 Å². The highest BCUT2D eigenvalue weighted by Gasteiger charge is 2.32. The molecule has 20 heteroatoms. The van der Waals surface area contributed by atoms with Gasteiger partial charge in [-0.1, -0.05) is 0 Å². The van der Waals surface area contributed by atoms with Crippen molar-refractivity contribution in [1.82, 2.24) is 30.0 Å². The highest BCUT2D eigenvalue weighted by molar-refractivity contribution is 5.93. The third kappa shape index (κ3) is 13.4. The molecule has 342 valence electrons. The first-order valence-electron chi connectivity index (χ1n) is 20.4. The van der Waals surface area contributed by atoms with Crippen LogP contribution in [-0.2, 0) is 36.8 Å². The van der Waals surface area contributed by atoms with E-state index in [-0.39, 0.29) is 55.0 Å². The van der Waals surface area contributed by atoms with Crippen LogP contribution >= 0.6 is 12.4 Å². The summed E-state index contributed by atoms with van der Waals surface area (Å²) >= 11 is 0. The Labute approximate surface area is 375 Å².